The zero-order valence-electron chi connectivity index (χ0n) is 12.0. The monoisotopic (exact) mass is 337 g/mol. The predicted molar refractivity (Wildman–Crippen MR) is 84.1 cm³/mol. The van der Waals surface area contributed by atoms with Crippen molar-refractivity contribution >= 4 is 27.5 Å². The van der Waals surface area contributed by atoms with Crippen molar-refractivity contribution in [3.63, 3.8) is 0 Å². The summed E-state index contributed by atoms with van der Waals surface area (Å²) in [5.74, 6) is 0.226. The molecule has 1 fully saturated rings. The summed E-state index contributed by atoms with van der Waals surface area (Å²) in [7, 11) is 4.02. The van der Waals surface area contributed by atoms with E-state index >= 15 is 0 Å². The molecule has 20 heavy (non-hydrogen) atoms. The van der Waals surface area contributed by atoms with Crippen molar-refractivity contribution in [2.45, 2.75) is 12.5 Å². The van der Waals surface area contributed by atoms with Gasteiger partial charge in [-0.3, -0.25) is 9.69 Å². The number of piperazine rings is 1. The Hall–Kier alpha value is -0.910. The van der Waals surface area contributed by atoms with Gasteiger partial charge in [0, 0.05) is 43.4 Å². The molecular weight excluding hydrogens is 318 g/mol. The van der Waals surface area contributed by atoms with Crippen LogP contribution in [0.5, 0.6) is 0 Å². The molecule has 5 heteroatoms. The third-order valence-electron chi connectivity index (χ3n) is 4.41. The fourth-order valence-corrected chi connectivity index (χ4v) is 3.51. The van der Waals surface area contributed by atoms with Crippen LogP contribution in [0.15, 0.2) is 22.7 Å². The molecule has 0 aromatic heterocycles. The van der Waals surface area contributed by atoms with Gasteiger partial charge in [-0.25, -0.2) is 0 Å². The van der Waals surface area contributed by atoms with Crippen LogP contribution in [0.2, 0.25) is 0 Å². The highest BCUT2D eigenvalue weighted by Crippen LogP contribution is 2.31. The number of amides is 1. The summed E-state index contributed by atoms with van der Waals surface area (Å²) < 4.78 is 1.08. The van der Waals surface area contributed by atoms with Crippen LogP contribution in [0.4, 0.5) is 5.69 Å². The third-order valence-corrected chi connectivity index (χ3v) is 4.90. The standard InChI is InChI=1S/C15H20BrN3O/c1-17-5-7-19(8-6-17)14-10-11-9-12(16)3-4-13(11)18(2)15(14)20/h3-4,9,14H,5-8,10H2,1-2H3. The van der Waals surface area contributed by atoms with Crippen molar-refractivity contribution < 1.29 is 4.79 Å². The number of likely N-dealkylation sites (N-methyl/N-ethyl adjacent to an activating group) is 2. The molecule has 1 saturated heterocycles. The van der Waals surface area contributed by atoms with Gasteiger partial charge in [0.05, 0.1) is 6.04 Å². The number of hydrogen-bond acceptors (Lipinski definition) is 3. The zero-order valence-corrected chi connectivity index (χ0v) is 13.6. The SMILES string of the molecule is CN1CCN(C2Cc3cc(Br)ccc3N(C)C2=O)CC1. The molecule has 3 rings (SSSR count). The van der Waals surface area contributed by atoms with Crippen molar-refractivity contribution in [2.75, 3.05) is 45.2 Å². The van der Waals surface area contributed by atoms with Gasteiger partial charge in [-0.2, -0.15) is 0 Å². The van der Waals surface area contributed by atoms with Crippen LogP contribution in [-0.4, -0.2) is 62.0 Å². The number of rotatable bonds is 1. The lowest BCUT2D eigenvalue weighted by Crippen LogP contribution is -2.57. The van der Waals surface area contributed by atoms with Gasteiger partial charge in [0.25, 0.3) is 0 Å². The van der Waals surface area contributed by atoms with Gasteiger partial charge in [0.1, 0.15) is 0 Å². The Kier molecular flexibility index (Phi) is 3.84. The molecule has 1 unspecified atom stereocenters. The fraction of sp³-hybridized carbons (Fsp3) is 0.533. The number of carbonyl (C=O) groups is 1. The lowest BCUT2D eigenvalue weighted by molar-refractivity contribution is -0.124. The van der Waals surface area contributed by atoms with Crippen molar-refractivity contribution in [1.29, 1.82) is 0 Å². The second-order valence-corrected chi connectivity index (χ2v) is 6.65. The highest BCUT2D eigenvalue weighted by atomic mass is 79.9. The molecular formula is C15H20BrN3O. The maximum absolute atomic E-state index is 12.6. The summed E-state index contributed by atoms with van der Waals surface area (Å²) in [6, 6.07) is 6.16. The van der Waals surface area contributed by atoms with Crippen molar-refractivity contribution in [3.8, 4) is 0 Å². The summed E-state index contributed by atoms with van der Waals surface area (Å²) in [5, 5.41) is 0. The van der Waals surface area contributed by atoms with E-state index in [1.165, 1.54) is 5.56 Å². The molecule has 0 spiro atoms. The minimum Gasteiger partial charge on any atom is -0.314 e. The molecule has 0 N–H and O–H groups in total. The highest BCUT2D eigenvalue weighted by Gasteiger charge is 2.35. The van der Waals surface area contributed by atoms with E-state index < -0.39 is 0 Å². The molecule has 2 aliphatic rings. The minimum atomic E-state index is -0.00417. The normalized spacial score (nSPS) is 24.9. The van der Waals surface area contributed by atoms with E-state index in [1.54, 1.807) is 0 Å². The summed E-state index contributed by atoms with van der Waals surface area (Å²) in [5.41, 5.74) is 2.30. The molecule has 0 saturated carbocycles. The molecule has 2 aliphatic heterocycles. The minimum absolute atomic E-state index is 0.00417. The van der Waals surface area contributed by atoms with E-state index in [0.717, 1.165) is 42.8 Å². The first-order valence-electron chi connectivity index (χ1n) is 7.05. The number of carbonyl (C=O) groups excluding carboxylic acids is 1. The van der Waals surface area contributed by atoms with E-state index in [4.69, 9.17) is 0 Å². The molecule has 0 aliphatic carbocycles. The molecule has 1 aromatic carbocycles. The van der Waals surface area contributed by atoms with Crippen LogP contribution in [0.25, 0.3) is 0 Å². The van der Waals surface area contributed by atoms with Gasteiger partial charge >= 0.3 is 0 Å². The van der Waals surface area contributed by atoms with Crippen LogP contribution in [0.3, 0.4) is 0 Å². The quantitative estimate of drug-likeness (QED) is 0.778. The number of fused-ring (bicyclic) bond motifs is 1. The molecule has 108 valence electrons. The van der Waals surface area contributed by atoms with Crippen molar-refractivity contribution in [1.82, 2.24) is 9.80 Å². The summed E-state index contributed by atoms with van der Waals surface area (Å²) in [6.45, 7) is 4.03. The van der Waals surface area contributed by atoms with E-state index in [2.05, 4.69) is 38.8 Å². The predicted octanol–water partition coefficient (Wildman–Crippen LogP) is 1.58. The molecule has 4 nitrogen and oxygen atoms in total. The van der Waals surface area contributed by atoms with Crippen LogP contribution in [0.1, 0.15) is 5.56 Å². The number of benzene rings is 1. The lowest BCUT2D eigenvalue weighted by Gasteiger charge is -2.41. The van der Waals surface area contributed by atoms with Gasteiger partial charge in [0.2, 0.25) is 5.91 Å². The van der Waals surface area contributed by atoms with Gasteiger partial charge in [-0.15, -0.1) is 0 Å². The first-order valence-corrected chi connectivity index (χ1v) is 7.84. The Labute approximate surface area is 128 Å². The number of halogens is 1. The Morgan fingerprint density at radius 1 is 1.15 bits per heavy atom. The Morgan fingerprint density at radius 2 is 1.85 bits per heavy atom. The number of nitrogens with zero attached hydrogens (tertiary/aromatic N) is 3. The average molecular weight is 338 g/mol. The molecule has 1 aromatic rings. The van der Waals surface area contributed by atoms with E-state index in [0.29, 0.717) is 0 Å². The summed E-state index contributed by atoms with van der Waals surface area (Å²) in [4.78, 5) is 19.1. The summed E-state index contributed by atoms with van der Waals surface area (Å²) >= 11 is 3.53. The summed E-state index contributed by atoms with van der Waals surface area (Å²) in [6.07, 6.45) is 0.821. The third kappa shape index (κ3) is 2.50. The smallest absolute Gasteiger partial charge is 0.244 e. The Balaban J connectivity index is 1.85. The van der Waals surface area contributed by atoms with Crippen LogP contribution in [-0.2, 0) is 11.2 Å². The molecule has 0 bridgehead atoms. The van der Waals surface area contributed by atoms with E-state index in [9.17, 15) is 4.79 Å². The molecule has 1 atom stereocenters. The highest BCUT2D eigenvalue weighted by molar-refractivity contribution is 9.10. The van der Waals surface area contributed by atoms with E-state index in [-0.39, 0.29) is 11.9 Å². The fourth-order valence-electron chi connectivity index (χ4n) is 3.10. The largest absolute Gasteiger partial charge is 0.314 e. The number of anilines is 1. The molecule has 2 heterocycles. The van der Waals surface area contributed by atoms with Gasteiger partial charge < -0.3 is 9.80 Å². The number of hydrogen-bond donors (Lipinski definition) is 0. The second kappa shape index (κ2) is 5.47. The van der Waals surface area contributed by atoms with Gasteiger partial charge in [-0.1, -0.05) is 15.9 Å². The first kappa shape index (κ1) is 14.0. The van der Waals surface area contributed by atoms with Crippen molar-refractivity contribution in [2.24, 2.45) is 0 Å². The van der Waals surface area contributed by atoms with Crippen LogP contribution in [0, 0.1) is 0 Å². The lowest BCUT2D eigenvalue weighted by atomic mass is 9.96. The van der Waals surface area contributed by atoms with Gasteiger partial charge in [-0.05, 0) is 37.2 Å². The molecule has 1 amide bonds. The average Bonchev–Trinajstić information content (AvgIpc) is 2.44. The Morgan fingerprint density at radius 3 is 2.55 bits per heavy atom. The van der Waals surface area contributed by atoms with E-state index in [1.807, 2.05) is 24.1 Å². The topological polar surface area (TPSA) is 26.8 Å². The maximum Gasteiger partial charge on any atom is 0.244 e. The first-order chi connectivity index (χ1) is 9.56. The molecule has 0 radical (unpaired) electrons. The van der Waals surface area contributed by atoms with Crippen LogP contribution < -0.4 is 4.90 Å². The maximum atomic E-state index is 12.6. The van der Waals surface area contributed by atoms with Gasteiger partial charge in [0.15, 0.2) is 0 Å². The Bertz CT molecular complexity index is 526. The van der Waals surface area contributed by atoms with Crippen molar-refractivity contribution in [3.05, 3.63) is 28.2 Å². The zero-order chi connectivity index (χ0) is 14.3. The van der Waals surface area contributed by atoms with Crippen LogP contribution >= 0.6 is 15.9 Å². The second-order valence-electron chi connectivity index (χ2n) is 5.73.